The maximum absolute atomic E-state index is 13.8. The van der Waals surface area contributed by atoms with E-state index in [1.54, 1.807) is 21.3 Å². The third-order valence-corrected chi connectivity index (χ3v) is 6.80. The molecule has 4 aromatic rings. The van der Waals surface area contributed by atoms with Crippen molar-refractivity contribution < 1.29 is 19.0 Å². The Labute approximate surface area is 211 Å². The van der Waals surface area contributed by atoms with E-state index in [0.29, 0.717) is 24.3 Å². The standard InChI is InChI=1S/C31H29NO4/c1-34-26-15-13-24(14-16-26)31(33)32-18-17-25-19-27(35-2)20-28(36-3)29(25)30(32)23-11-9-22(10-12-23)21-7-5-4-6-8-21/h4-16,19-20,30H,17-18H2,1-3H3. The monoisotopic (exact) mass is 479 g/mol. The van der Waals surface area contributed by atoms with Gasteiger partial charge in [0, 0.05) is 23.7 Å². The number of hydrogen-bond acceptors (Lipinski definition) is 4. The molecule has 1 aliphatic rings. The maximum atomic E-state index is 13.8. The average molecular weight is 480 g/mol. The van der Waals surface area contributed by atoms with E-state index < -0.39 is 0 Å². The van der Waals surface area contributed by atoms with Crippen LogP contribution in [0.4, 0.5) is 0 Å². The number of amides is 1. The molecular weight excluding hydrogens is 450 g/mol. The summed E-state index contributed by atoms with van der Waals surface area (Å²) in [4.78, 5) is 15.8. The summed E-state index contributed by atoms with van der Waals surface area (Å²) in [6.07, 6.45) is 0.712. The van der Waals surface area contributed by atoms with Crippen molar-refractivity contribution in [2.45, 2.75) is 12.5 Å². The Kier molecular flexibility index (Phi) is 6.63. The summed E-state index contributed by atoms with van der Waals surface area (Å²) < 4.78 is 16.6. The van der Waals surface area contributed by atoms with Gasteiger partial charge in [-0.2, -0.15) is 0 Å². The first-order valence-electron chi connectivity index (χ1n) is 12.0. The van der Waals surface area contributed by atoms with Gasteiger partial charge in [-0.15, -0.1) is 0 Å². The zero-order chi connectivity index (χ0) is 25.1. The molecule has 0 radical (unpaired) electrons. The topological polar surface area (TPSA) is 48.0 Å². The van der Waals surface area contributed by atoms with Gasteiger partial charge in [0.25, 0.3) is 5.91 Å². The van der Waals surface area contributed by atoms with Crippen molar-refractivity contribution in [2.75, 3.05) is 27.9 Å². The number of hydrogen-bond donors (Lipinski definition) is 0. The van der Waals surface area contributed by atoms with Crippen molar-refractivity contribution in [3.05, 3.63) is 113 Å². The summed E-state index contributed by atoms with van der Waals surface area (Å²) in [5.41, 5.74) is 6.06. The second-order valence-corrected chi connectivity index (χ2v) is 8.77. The zero-order valence-corrected chi connectivity index (χ0v) is 20.7. The minimum atomic E-state index is -0.297. The van der Waals surface area contributed by atoms with E-state index in [9.17, 15) is 4.79 Å². The first-order valence-corrected chi connectivity index (χ1v) is 12.0. The molecule has 1 heterocycles. The summed E-state index contributed by atoms with van der Waals surface area (Å²) in [5.74, 6) is 2.16. The van der Waals surface area contributed by atoms with E-state index in [1.165, 1.54) is 0 Å². The van der Waals surface area contributed by atoms with Gasteiger partial charge < -0.3 is 19.1 Å². The Morgan fingerprint density at radius 3 is 2.06 bits per heavy atom. The molecule has 4 aromatic carbocycles. The Morgan fingerprint density at radius 1 is 0.750 bits per heavy atom. The van der Waals surface area contributed by atoms with Crippen LogP contribution in [0.25, 0.3) is 11.1 Å². The molecule has 0 aliphatic carbocycles. The summed E-state index contributed by atoms with van der Waals surface area (Å²) in [7, 11) is 4.94. The normalized spacial score (nSPS) is 14.6. The second kappa shape index (κ2) is 10.2. The first kappa shape index (κ1) is 23.5. The molecule has 0 saturated carbocycles. The van der Waals surface area contributed by atoms with Gasteiger partial charge in [-0.3, -0.25) is 4.79 Å². The van der Waals surface area contributed by atoms with Crippen LogP contribution in [0.2, 0.25) is 0 Å². The molecule has 5 rings (SSSR count). The highest BCUT2D eigenvalue weighted by Crippen LogP contribution is 2.43. The summed E-state index contributed by atoms with van der Waals surface area (Å²) in [6, 6.07) is 29.7. The molecular formula is C31H29NO4. The lowest BCUT2D eigenvalue weighted by Gasteiger charge is -2.39. The van der Waals surface area contributed by atoms with Crippen molar-refractivity contribution in [1.29, 1.82) is 0 Å². The number of rotatable bonds is 6. The van der Waals surface area contributed by atoms with Gasteiger partial charge in [0.15, 0.2) is 0 Å². The number of nitrogens with zero attached hydrogens (tertiary/aromatic N) is 1. The summed E-state index contributed by atoms with van der Waals surface area (Å²) >= 11 is 0. The van der Waals surface area contributed by atoms with Gasteiger partial charge in [0.1, 0.15) is 17.2 Å². The Hall–Kier alpha value is -4.25. The molecule has 1 atom stereocenters. The van der Waals surface area contributed by atoms with Crippen LogP contribution in [-0.2, 0) is 6.42 Å². The SMILES string of the molecule is COc1ccc(C(=O)N2CCc3cc(OC)cc(OC)c3C2c2ccc(-c3ccccc3)cc2)cc1. The summed E-state index contributed by atoms with van der Waals surface area (Å²) in [6.45, 7) is 0.583. The zero-order valence-electron chi connectivity index (χ0n) is 20.7. The van der Waals surface area contributed by atoms with Crippen molar-refractivity contribution >= 4 is 5.91 Å². The van der Waals surface area contributed by atoms with E-state index in [2.05, 4.69) is 42.5 Å². The highest BCUT2D eigenvalue weighted by molar-refractivity contribution is 5.95. The molecule has 1 aliphatic heterocycles. The van der Waals surface area contributed by atoms with Crippen LogP contribution in [-0.4, -0.2) is 38.7 Å². The highest BCUT2D eigenvalue weighted by atomic mass is 16.5. The predicted octanol–water partition coefficient (Wildman–Crippen LogP) is 6.17. The molecule has 1 unspecified atom stereocenters. The largest absolute Gasteiger partial charge is 0.497 e. The van der Waals surface area contributed by atoms with Gasteiger partial charge in [-0.05, 0) is 59.0 Å². The third kappa shape index (κ3) is 4.40. The van der Waals surface area contributed by atoms with E-state index in [-0.39, 0.29) is 11.9 Å². The number of benzene rings is 4. The quantitative estimate of drug-likeness (QED) is 0.332. The van der Waals surface area contributed by atoms with Gasteiger partial charge in [-0.1, -0.05) is 54.6 Å². The van der Waals surface area contributed by atoms with Crippen LogP contribution >= 0.6 is 0 Å². The molecule has 0 spiro atoms. The van der Waals surface area contributed by atoms with Gasteiger partial charge >= 0.3 is 0 Å². The van der Waals surface area contributed by atoms with Crippen molar-refractivity contribution in [2.24, 2.45) is 0 Å². The Bertz CT molecular complexity index is 1330. The van der Waals surface area contributed by atoms with Gasteiger partial charge in [-0.25, -0.2) is 0 Å². The number of fused-ring (bicyclic) bond motifs is 1. The fourth-order valence-corrected chi connectivity index (χ4v) is 4.94. The van der Waals surface area contributed by atoms with E-state index in [1.807, 2.05) is 53.4 Å². The minimum absolute atomic E-state index is 0.0293. The number of carbonyl (C=O) groups is 1. The van der Waals surface area contributed by atoms with E-state index in [4.69, 9.17) is 14.2 Å². The average Bonchev–Trinajstić information content (AvgIpc) is 2.96. The van der Waals surface area contributed by atoms with E-state index in [0.717, 1.165) is 39.3 Å². The van der Waals surface area contributed by atoms with Crippen LogP contribution in [0, 0.1) is 0 Å². The van der Waals surface area contributed by atoms with Crippen molar-refractivity contribution in [3.63, 3.8) is 0 Å². The fraction of sp³-hybridized carbons (Fsp3) is 0.194. The van der Waals surface area contributed by atoms with Gasteiger partial charge in [0.05, 0.1) is 27.4 Å². The molecule has 5 nitrogen and oxygen atoms in total. The van der Waals surface area contributed by atoms with Crippen molar-refractivity contribution in [1.82, 2.24) is 4.90 Å². The molecule has 0 N–H and O–H groups in total. The molecule has 0 bridgehead atoms. The lowest BCUT2D eigenvalue weighted by atomic mass is 9.86. The molecule has 0 aromatic heterocycles. The lowest BCUT2D eigenvalue weighted by molar-refractivity contribution is 0.0692. The molecule has 36 heavy (non-hydrogen) atoms. The third-order valence-electron chi connectivity index (χ3n) is 6.80. The molecule has 0 fully saturated rings. The molecule has 182 valence electrons. The smallest absolute Gasteiger partial charge is 0.254 e. The molecule has 1 amide bonds. The number of carbonyl (C=O) groups excluding carboxylic acids is 1. The van der Waals surface area contributed by atoms with Crippen LogP contribution in [0.15, 0.2) is 91.0 Å². The van der Waals surface area contributed by atoms with Crippen LogP contribution in [0.1, 0.15) is 33.1 Å². The second-order valence-electron chi connectivity index (χ2n) is 8.77. The van der Waals surface area contributed by atoms with Crippen molar-refractivity contribution in [3.8, 4) is 28.4 Å². The maximum Gasteiger partial charge on any atom is 0.254 e. The number of methoxy groups -OCH3 is 3. The minimum Gasteiger partial charge on any atom is -0.497 e. The fourth-order valence-electron chi connectivity index (χ4n) is 4.94. The number of ether oxygens (including phenoxy) is 3. The lowest BCUT2D eigenvalue weighted by Crippen LogP contribution is -2.40. The van der Waals surface area contributed by atoms with E-state index >= 15 is 0 Å². The molecule has 5 heteroatoms. The predicted molar refractivity (Wildman–Crippen MR) is 141 cm³/mol. The molecule has 0 saturated heterocycles. The van der Waals surface area contributed by atoms with Crippen LogP contribution in [0.3, 0.4) is 0 Å². The Morgan fingerprint density at radius 2 is 1.42 bits per heavy atom. The highest BCUT2D eigenvalue weighted by Gasteiger charge is 2.35. The summed E-state index contributed by atoms with van der Waals surface area (Å²) in [5, 5.41) is 0. The van der Waals surface area contributed by atoms with Gasteiger partial charge in [0.2, 0.25) is 0 Å². The van der Waals surface area contributed by atoms with Crippen LogP contribution < -0.4 is 14.2 Å². The van der Waals surface area contributed by atoms with Crippen LogP contribution in [0.5, 0.6) is 17.2 Å². The first-order chi connectivity index (χ1) is 17.6. The Balaban J connectivity index is 1.60.